The SMILES string of the molecule is CC(C)N1C(=O)C(I)=C(c2ccccc2)C12C=CC(=O)C=C2. The summed E-state index contributed by atoms with van der Waals surface area (Å²) in [5, 5.41) is 0. The van der Waals surface area contributed by atoms with E-state index in [1.165, 1.54) is 0 Å². The van der Waals surface area contributed by atoms with E-state index in [1.807, 2.05) is 61.2 Å². The quantitative estimate of drug-likeness (QED) is 0.707. The number of benzene rings is 1. The van der Waals surface area contributed by atoms with Gasteiger partial charge in [-0.05, 0) is 66.3 Å². The Morgan fingerprint density at radius 2 is 1.64 bits per heavy atom. The molecule has 0 bridgehead atoms. The number of rotatable bonds is 2. The van der Waals surface area contributed by atoms with Gasteiger partial charge in [0, 0.05) is 11.6 Å². The molecule has 22 heavy (non-hydrogen) atoms. The van der Waals surface area contributed by atoms with Gasteiger partial charge in [-0.25, -0.2) is 0 Å². The van der Waals surface area contributed by atoms with E-state index in [1.54, 1.807) is 12.2 Å². The Morgan fingerprint density at radius 1 is 1.05 bits per heavy atom. The monoisotopic (exact) mass is 405 g/mol. The van der Waals surface area contributed by atoms with Crippen LogP contribution in [0.3, 0.4) is 0 Å². The first-order valence-corrected chi connectivity index (χ1v) is 8.27. The Bertz CT molecular complexity index is 713. The van der Waals surface area contributed by atoms with E-state index in [-0.39, 0.29) is 17.7 Å². The maximum Gasteiger partial charge on any atom is 0.261 e. The molecule has 1 aliphatic carbocycles. The Morgan fingerprint density at radius 3 is 2.18 bits per heavy atom. The molecule has 0 aromatic heterocycles. The van der Waals surface area contributed by atoms with Crippen LogP contribution < -0.4 is 0 Å². The van der Waals surface area contributed by atoms with Crippen molar-refractivity contribution in [2.45, 2.75) is 25.4 Å². The second kappa shape index (κ2) is 5.50. The molecule has 0 unspecified atom stereocenters. The molecule has 112 valence electrons. The third-order valence-electron chi connectivity index (χ3n) is 4.01. The highest BCUT2D eigenvalue weighted by atomic mass is 127. The maximum absolute atomic E-state index is 12.8. The molecule has 1 heterocycles. The Labute approximate surface area is 143 Å². The number of hydrogen-bond acceptors (Lipinski definition) is 2. The molecule has 1 aliphatic heterocycles. The summed E-state index contributed by atoms with van der Waals surface area (Å²) < 4.78 is 0.709. The molecule has 3 nitrogen and oxygen atoms in total. The zero-order valence-corrected chi connectivity index (χ0v) is 14.6. The van der Waals surface area contributed by atoms with E-state index >= 15 is 0 Å². The molecule has 1 spiro atoms. The van der Waals surface area contributed by atoms with Gasteiger partial charge in [0.2, 0.25) is 0 Å². The molecule has 1 aromatic rings. The fourth-order valence-corrected chi connectivity index (χ4v) is 4.16. The number of amides is 1. The zero-order chi connectivity index (χ0) is 15.9. The lowest BCUT2D eigenvalue weighted by Gasteiger charge is -2.40. The van der Waals surface area contributed by atoms with Gasteiger partial charge in [0.05, 0.1) is 3.58 Å². The summed E-state index contributed by atoms with van der Waals surface area (Å²) >= 11 is 2.13. The Hall–Kier alpha value is -1.69. The summed E-state index contributed by atoms with van der Waals surface area (Å²) in [4.78, 5) is 26.2. The minimum Gasteiger partial charge on any atom is -0.319 e. The molecule has 0 fully saturated rings. The van der Waals surface area contributed by atoms with Crippen molar-refractivity contribution in [2.75, 3.05) is 0 Å². The highest BCUT2D eigenvalue weighted by Crippen LogP contribution is 2.48. The fourth-order valence-electron chi connectivity index (χ4n) is 3.16. The lowest BCUT2D eigenvalue weighted by atomic mass is 9.82. The van der Waals surface area contributed by atoms with Crippen LogP contribution in [0.5, 0.6) is 0 Å². The van der Waals surface area contributed by atoms with Crippen LogP contribution in [0.2, 0.25) is 0 Å². The summed E-state index contributed by atoms with van der Waals surface area (Å²) in [6.45, 7) is 3.99. The molecular formula is C18H16INO2. The van der Waals surface area contributed by atoms with Crippen LogP contribution in [0.15, 0.2) is 58.2 Å². The van der Waals surface area contributed by atoms with Crippen molar-refractivity contribution in [3.63, 3.8) is 0 Å². The molecule has 4 heteroatoms. The number of allylic oxidation sites excluding steroid dienone is 2. The number of nitrogens with zero attached hydrogens (tertiary/aromatic N) is 1. The predicted molar refractivity (Wildman–Crippen MR) is 95.4 cm³/mol. The van der Waals surface area contributed by atoms with Crippen LogP contribution in [0.1, 0.15) is 19.4 Å². The molecule has 0 saturated carbocycles. The maximum atomic E-state index is 12.8. The molecule has 1 aromatic carbocycles. The predicted octanol–water partition coefficient (Wildman–Crippen LogP) is 3.52. The van der Waals surface area contributed by atoms with E-state index in [0.29, 0.717) is 3.58 Å². The van der Waals surface area contributed by atoms with E-state index < -0.39 is 5.54 Å². The lowest BCUT2D eigenvalue weighted by Crippen LogP contribution is -2.49. The van der Waals surface area contributed by atoms with Crippen molar-refractivity contribution in [1.29, 1.82) is 0 Å². The fraction of sp³-hybridized carbons (Fsp3) is 0.222. The number of hydrogen-bond donors (Lipinski definition) is 0. The minimum absolute atomic E-state index is 0.0121. The lowest BCUT2D eigenvalue weighted by molar-refractivity contribution is -0.128. The molecule has 0 radical (unpaired) electrons. The molecule has 0 N–H and O–H groups in total. The van der Waals surface area contributed by atoms with Crippen LogP contribution in [0.4, 0.5) is 0 Å². The molecule has 3 rings (SSSR count). The van der Waals surface area contributed by atoms with Crippen molar-refractivity contribution in [3.8, 4) is 0 Å². The van der Waals surface area contributed by atoms with Gasteiger partial charge in [-0.1, -0.05) is 30.3 Å². The number of ketones is 1. The molecule has 2 aliphatic rings. The zero-order valence-electron chi connectivity index (χ0n) is 12.4. The summed E-state index contributed by atoms with van der Waals surface area (Å²) in [5.41, 5.74) is 1.29. The first-order chi connectivity index (χ1) is 10.5. The molecule has 0 atom stereocenters. The Balaban J connectivity index is 2.25. The molecule has 1 amide bonds. The van der Waals surface area contributed by atoms with Crippen LogP contribution in [0, 0.1) is 0 Å². The standard InChI is InChI=1S/C18H16INO2/c1-12(2)20-17(22)16(19)15(13-6-4-3-5-7-13)18(20)10-8-14(21)9-11-18/h3-12H,1-2H3. The van der Waals surface area contributed by atoms with E-state index in [4.69, 9.17) is 0 Å². The number of halogens is 1. The van der Waals surface area contributed by atoms with Crippen LogP contribution in [0.25, 0.3) is 5.57 Å². The van der Waals surface area contributed by atoms with E-state index in [0.717, 1.165) is 11.1 Å². The van der Waals surface area contributed by atoms with Crippen molar-refractivity contribution < 1.29 is 9.59 Å². The minimum atomic E-state index is -0.670. The van der Waals surface area contributed by atoms with Crippen LogP contribution in [-0.2, 0) is 9.59 Å². The van der Waals surface area contributed by atoms with Gasteiger partial charge in [-0.15, -0.1) is 0 Å². The third-order valence-corrected chi connectivity index (χ3v) is 5.01. The van der Waals surface area contributed by atoms with Crippen molar-refractivity contribution in [2.24, 2.45) is 0 Å². The summed E-state index contributed by atoms with van der Waals surface area (Å²) in [5.74, 6) is -0.0331. The van der Waals surface area contributed by atoms with Gasteiger partial charge in [0.15, 0.2) is 5.78 Å². The van der Waals surface area contributed by atoms with Gasteiger partial charge in [0.25, 0.3) is 5.91 Å². The molecular weight excluding hydrogens is 389 g/mol. The number of carbonyl (C=O) groups excluding carboxylic acids is 2. The second-order valence-corrected chi connectivity index (χ2v) is 6.80. The summed E-state index contributed by atoms with van der Waals surface area (Å²) in [7, 11) is 0. The van der Waals surface area contributed by atoms with Crippen molar-refractivity contribution in [3.05, 3.63) is 63.8 Å². The van der Waals surface area contributed by atoms with Crippen LogP contribution in [-0.4, -0.2) is 28.2 Å². The van der Waals surface area contributed by atoms with Gasteiger partial charge in [0.1, 0.15) is 5.54 Å². The average molecular weight is 405 g/mol. The summed E-state index contributed by atoms with van der Waals surface area (Å²) in [6, 6.07) is 9.92. The van der Waals surface area contributed by atoms with Gasteiger partial charge < -0.3 is 4.90 Å². The van der Waals surface area contributed by atoms with Gasteiger partial charge >= 0.3 is 0 Å². The first-order valence-electron chi connectivity index (χ1n) is 7.19. The van der Waals surface area contributed by atoms with Crippen LogP contribution >= 0.6 is 22.6 Å². The largest absolute Gasteiger partial charge is 0.319 e. The smallest absolute Gasteiger partial charge is 0.261 e. The highest BCUT2D eigenvalue weighted by Gasteiger charge is 2.50. The molecule has 0 saturated heterocycles. The van der Waals surface area contributed by atoms with E-state index in [9.17, 15) is 9.59 Å². The normalized spacial score (nSPS) is 19.9. The first kappa shape index (κ1) is 15.2. The topological polar surface area (TPSA) is 37.4 Å². The van der Waals surface area contributed by atoms with Crippen molar-refractivity contribution >= 4 is 39.9 Å². The van der Waals surface area contributed by atoms with Crippen molar-refractivity contribution in [1.82, 2.24) is 4.90 Å². The Kier molecular flexibility index (Phi) is 3.80. The summed E-state index contributed by atoms with van der Waals surface area (Å²) in [6.07, 6.45) is 6.81. The number of carbonyl (C=O) groups is 2. The van der Waals surface area contributed by atoms with Gasteiger partial charge in [-0.2, -0.15) is 0 Å². The average Bonchev–Trinajstić information content (AvgIpc) is 2.71. The highest BCUT2D eigenvalue weighted by molar-refractivity contribution is 14.1. The third kappa shape index (κ3) is 2.17. The second-order valence-electron chi connectivity index (χ2n) is 5.72. The van der Waals surface area contributed by atoms with Gasteiger partial charge in [-0.3, -0.25) is 9.59 Å². The van der Waals surface area contributed by atoms with E-state index in [2.05, 4.69) is 22.6 Å².